The standard InChI is InChI=1S/C13H13F2N3O2S/c14-9-2-1-8(11(15)5-9)7-18-13-6-10(21(17,19)20)3-4-12(13)16/h1-6,18H,7,16H2,(H2,17,19,20). The molecule has 8 heteroatoms. The Labute approximate surface area is 120 Å². The van der Waals surface area contributed by atoms with Gasteiger partial charge in [0.1, 0.15) is 11.6 Å². The Morgan fingerprint density at radius 2 is 1.81 bits per heavy atom. The van der Waals surface area contributed by atoms with Crippen molar-refractivity contribution in [3.05, 3.63) is 53.6 Å². The summed E-state index contributed by atoms with van der Waals surface area (Å²) in [6, 6.07) is 7.09. The predicted molar refractivity (Wildman–Crippen MR) is 75.9 cm³/mol. The average Bonchev–Trinajstić information content (AvgIpc) is 2.38. The first-order chi connectivity index (χ1) is 9.77. The van der Waals surface area contributed by atoms with E-state index >= 15 is 0 Å². The third-order valence-corrected chi connectivity index (χ3v) is 3.75. The normalized spacial score (nSPS) is 11.4. The van der Waals surface area contributed by atoms with Crippen LogP contribution in [-0.2, 0) is 16.6 Å². The van der Waals surface area contributed by atoms with Crippen molar-refractivity contribution in [3.8, 4) is 0 Å². The highest BCUT2D eigenvalue weighted by molar-refractivity contribution is 7.89. The van der Waals surface area contributed by atoms with Gasteiger partial charge in [-0.3, -0.25) is 0 Å². The van der Waals surface area contributed by atoms with Crippen LogP contribution in [0.25, 0.3) is 0 Å². The molecule has 2 aromatic rings. The van der Waals surface area contributed by atoms with Gasteiger partial charge in [-0.2, -0.15) is 0 Å². The average molecular weight is 313 g/mol. The molecule has 0 unspecified atom stereocenters. The lowest BCUT2D eigenvalue weighted by Crippen LogP contribution is -2.13. The number of nitrogens with two attached hydrogens (primary N) is 2. The fraction of sp³-hybridized carbons (Fsp3) is 0.0769. The smallest absolute Gasteiger partial charge is 0.238 e. The van der Waals surface area contributed by atoms with Gasteiger partial charge in [0.15, 0.2) is 0 Å². The third-order valence-electron chi connectivity index (χ3n) is 2.84. The molecule has 0 amide bonds. The number of nitrogen functional groups attached to an aromatic ring is 1. The molecule has 112 valence electrons. The first-order valence-corrected chi connectivity index (χ1v) is 7.42. The van der Waals surface area contributed by atoms with E-state index in [9.17, 15) is 17.2 Å². The lowest BCUT2D eigenvalue weighted by atomic mass is 10.2. The molecule has 0 saturated carbocycles. The summed E-state index contributed by atoms with van der Waals surface area (Å²) >= 11 is 0. The fourth-order valence-electron chi connectivity index (χ4n) is 1.72. The lowest BCUT2D eigenvalue weighted by Gasteiger charge is -2.11. The molecule has 2 aromatic carbocycles. The van der Waals surface area contributed by atoms with E-state index in [1.54, 1.807) is 0 Å². The molecule has 5 nitrogen and oxygen atoms in total. The van der Waals surface area contributed by atoms with Crippen molar-refractivity contribution in [2.24, 2.45) is 5.14 Å². The zero-order valence-corrected chi connectivity index (χ0v) is 11.6. The molecule has 0 bridgehead atoms. The monoisotopic (exact) mass is 313 g/mol. The molecule has 0 heterocycles. The largest absolute Gasteiger partial charge is 0.397 e. The van der Waals surface area contributed by atoms with E-state index in [1.807, 2.05) is 0 Å². The van der Waals surface area contributed by atoms with E-state index in [0.29, 0.717) is 5.69 Å². The second-order valence-corrected chi connectivity index (χ2v) is 5.94. The summed E-state index contributed by atoms with van der Waals surface area (Å²) in [6.45, 7) is 0.0182. The summed E-state index contributed by atoms with van der Waals surface area (Å²) in [7, 11) is -3.86. The topological polar surface area (TPSA) is 98.2 Å². The van der Waals surface area contributed by atoms with Crippen molar-refractivity contribution in [2.45, 2.75) is 11.4 Å². The summed E-state index contributed by atoms with van der Waals surface area (Å²) in [5.41, 5.74) is 6.51. The maximum atomic E-state index is 13.5. The first-order valence-electron chi connectivity index (χ1n) is 5.87. The van der Waals surface area contributed by atoms with Crippen molar-refractivity contribution in [2.75, 3.05) is 11.1 Å². The molecule has 0 spiro atoms. The van der Waals surface area contributed by atoms with Gasteiger partial charge < -0.3 is 11.1 Å². The Morgan fingerprint density at radius 1 is 1.10 bits per heavy atom. The summed E-state index contributed by atoms with van der Waals surface area (Å²) in [5, 5.41) is 7.82. The SMILES string of the molecule is Nc1ccc(S(N)(=O)=O)cc1NCc1ccc(F)cc1F. The Kier molecular flexibility index (Phi) is 4.10. The van der Waals surface area contributed by atoms with Gasteiger partial charge in [0.25, 0.3) is 0 Å². The molecule has 0 fully saturated rings. The fourth-order valence-corrected chi connectivity index (χ4v) is 2.26. The number of rotatable bonds is 4. The molecule has 2 rings (SSSR count). The number of primary sulfonamides is 1. The molecule has 0 radical (unpaired) electrons. The van der Waals surface area contributed by atoms with Crippen molar-refractivity contribution >= 4 is 21.4 Å². The summed E-state index contributed by atoms with van der Waals surface area (Å²) in [6.07, 6.45) is 0. The number of benzene rings is 2. The van der Waals surface area contributed by atoms with Crippen molar-refractivity contribution in [1.82, 2.24) is 0 Å². The lowest BCUT2D eigenvalue weighted by molar-refractivity contribution is 0.574. The quantitative estimate of drug-likeness (QED) is 0.750. The van der Waals surface area contributed by atoms with Crippen molar-refractivity contribution in [3.63, 3.8) is 0 Å². The molecule has 0 aromatic heterocycles. The van der Waals surface area contributed by atoms with Crippen LogP contribution >= 0.6 is 0 Å². The second-order valence-electron chi connectivity index (χ2n) is 4.38. The number of hydrogen-bond acceptors (Lipinski definition) is 4. The predicted octanol–water partition coefficient (Wildman–Crippen LogP) is 1.81. The van der Waals surface area contributed by atoms with Crippen molar-refractivity contribution < 1.29 is 17.2 Å². The van der Waals surface area contributed by atoms with E-state index in [4.69, 9.17) is 10.9 Å². The van der Waals surface area contributed by atoms with Crippen LogP contribution in [0.2, 0.25) is 0 Å². The molecule has 0 aliphatic carbocycles. The Bertz CT molecular complexity index is 779. The molecular formula is C13H13F2N3O2S. The summed E-state index contributed by atoms with van der Waals surface area (Å²) < 4.78 is 48.8. The molecule has 0 aliphatic heterocycles. The van der Waals surface area contributed by atoms with Crippen LogP contribution in [0.4, 0.5) is 20.2 Å². The summed E-state index contributed by atoms with van der Waals surface area (Å²) in [5.74, 6) is -1.38. The van der Waals surface area contributed by atoms with Gasteiger partial charge in [-0.15, -0.1) is 0 Å². The van der Waals surface area contributed by atoms with Gasteiger partial charge in [-0.25, -0.2) is 22.3 Å². The third kappa shape index (κ3) is 3.67. The Morgan fingerprint density at radius 3 is 2.43 bits per heavy atom. The number of halogens is 2. The van der Waals surface area contributed by atoms with Crippen LogP contribution in [0.1, 0.15) is 5.56 Å². The summed E-state index contributed by atoms with van der Waals surface area (Å²) in [4.78, 5) is -0.112. The van der Waals surface area contributed by atoms with Crippen LogP contribution in [0, 0.1) is 11.6 Å². The van der Waals surface area contributed by atoms with Crippen LogP contribution in [0.5, 0.6) is 0 Å². The van der Waals surface area contributed by atoms with E-state index in [1.165, 1.54) is 24.3 Å². The van der Waals surface area contributed by atoms with Crippen LogP contribution < -0.4 is 16.2 Å². The zero-order valence-electron chi connectivity index (χ0n) is 10.8. The van der Waals surface area contributed by atoms with E-state index in [2.05, 4.69) is 5.32 Å². The van der Waals surface area contributed by atoms with Gasteiger partial charge in [0, 0.05) is 18.2 Å². The molecular weight excluding hydrogens is 300 g/mol. The first kappa shape index (κ1) is 15.2. The maximum Gasteiger partial charge on any atom is 0.238 e. The number of hydrogen-bond donors (Lipinski definition) is 3. The minimum atomic E-state index is -3.86. The highest BCUT2D eigenvalue weighted by atomic mass is 32.2. The molecule has 0 saturated heterocycles. The molecule has 5 N–H and O–H groups in total. The highest BCUT2D eigenvalue weighted by Crippen LogP contribution is 2.23. The second kappa shape index (κ2) is 5.66. The van der Waals surface area contributed by atoms with E-state index in [-0.39, 0.29) is 22.7 Å². The van der Waals surface area contributed by atoms with E-state index < -0.39 is 21.7 Å². The number of sulfonamides is 1. The zero-order chi connectivity index (χ0) is 15.6. The highest BCUT2D eigenvalue weighted by Gasteiger charge is 2.11. The van der Waals surface area contributed by atoms with Gasteiger partial charge in [0.2, 0.25) is 10.0 Å². The van der Waals surface area contributed by atoms with Gasteiger partial charge >= 0.3 is 0 Å². The van der Waals surface area contributed by atoms with Gasteiger partial charge in [0.05, 0.1) is 16.3 Å². The number of nitrogens with one attached hydrogen (secondary N) is 1. The maximum absolute atomic E-state index is 13.5. The van der Waals surface area contributed by atoms with Crippen molar-refractivity contribution in [1.29, 1.82) is 0 Å². The van der Waals surface area contributed by atoms with Gasteiger partial charge in [-0.05, 0) is 24.3 Å². The Hall–Kier alpha value is -2.19. The minimum absolute atomic E-state index is 0.0182. The van der Waals surface area contributed by atoms with Crippen LogP contribution in [0.15, 0.2) is 41.3 Å². The van der Waals surface area contributed by atoms with E-state index in [0.717, 1.165) is 12.1 Å². The molecule has 21 heavy (non-hydrogen) atoms. The molecule has 0 aliphatic rings. The van der Waals surface area contributed by atoms with Crippen LogP contribution in [0.3, 0.4) is 0 Å². The Balaban J connectivity index is 2.23. The van der Waals surface area contributed by atoms with Gasteiger partial charge in [-0.1, -0.05) is 6.07 Å². The van der Waals surface area contributed by atoms with Crippen LogP contribution in [-0.4, -0.2) is 8.42 Å². The minimum Gasteiger partial charge on any atom is -0.397 e. The molecule has 0 atom stereocenters. The number of anilines is 2.